The van der Waals surface area contributed by atoms with Gasteiger partial charge in [-0.05, 0) is 18.6 Å². The van der Waals surface area contributed by atoms with Crippen LogP contribution in [0.1, 0.15) is 12.1 Å². The molecule has 0 radical (unpaired) electrons. The number of guanidine groups is 1. The molecule has 0 bridgehead atoms. The lowest BCUT2D eigenvalue weighted by molar-refractivity contribution is 0.169. The highest BCUT2D eigenvalue weighted by atomic mass is 16.5. The first-order chi connectivity index (χ1) is 12.8. The zero-order valence-electron chi connectivity index (χ0n) is 15.4. The normalized spacial score (nSPS) is 15.9. The van der Waals surface area contributed by atoms with E-state index in [4.69, 9.17) is 4.52 Å². The Balaban J connectivity index is 1.33. The van der Waals surface area contributed by atoms with Gasteiger partial charge in [0.15, 0.2) is 5.96 Å². The SMILES string of the molecule is CN=C(NCCCNc1ccccc1)N1CCN(Cc2ccon2)CC1. The van der Waals surface area contributed by atoms with Gasteiger partial charge in [0.1, 0.15) is 6.26 Å². The fourth-order valence-electron chi connectivity index (χ4n) is 3.08. The maximum Gasteiger partial charge on any atom is 0.193 e. The van der Waals surface area contributed by atoms with Crippen LogP contribution >= 0.6 is 0 Å². The Morgan fingerprint density at radius 1 is 1.12 bits per heavy atom. The third-order valence-electron chi connectivity index (χ3n) is 4.50. The van der Waals surface area contributed by atoms with Crippen LogP contribution in [-0.4, -0.2) is 67.2 Å². The maximum absolute atomic E-state index is 4.90. The molecule has 1 aromatic carbocycles. The van der Waals surface area contributed by atoms with Crippen molar-refractivity contribution in [1.82, 2.24) is 20.3 Å². The number of anilines is 1. The van der Waals surface area contributed by atoms with Gasteiger partial charge in [-0.3, -0.25) is 9.89 Å². The van der Waals surface area contributed by atoms with Gasteiger partial charge in [0.2, 0.25) is 0 Å². The molecule has 1 aliphatic heterocycles. The molecular weight excluding hydrogens is 328 g/mol. The number of nitrogens with zero attached hydrogens (tertiary/aromatic N) is 4. The molecule has 26 heavy (non-hydrogen) atoms. The third-order valence-corrected chi connectivity index (χ3v) is 4.50. The Morgan fingerprint density at radius 3 is 2.62 bits per heavy atom. The third kappa shape index (κ3) is 5.49. The van der Waals surface area contributed by atoms with Crippen molar-refractivity contribution in [3.05, 3.63) is 48.4 Å². The summed E-state index contributed by atoms with van der Waals surface area (Å²) in [7, 11) is 1.85. The van der Waals surface area contributed by atoms with Gasteiger partial charge in [-0.15, -0.1) is 0 Å². The van der Waals surface area contributed by atoms with Gasteiger partial charge in [-0.25, -0.2) is 0 Å². The highest BCUT2D eigenvalue weighted by Crippen LogP contribution is 2.07. The number of para-hydroxylation sites is 1. The molecule has 2 heterocycles. The van der Waals surface area contributed by atoms with Crippen LogP contribution in [0.5, 0.6) is 0 Å². The molecule has 1 saturated heterocycles. The molecule has 1 aliphatic rings. The standard InChI is InChI=1S/C19H28N6O/c1-20-19(22-10-5-9-21-17-6-3-2-4-7-17)25-13-11-24(12-14-25)16-18-8-15-26-23-18/h2-4,6-8,15,21H,5,9-14,16H2,1H3,(H,20,22). The second-order valence-electron chi connectivity index (χ2n) is 6.37. The van der Waals surface area contributed by atoms with Crippen molar-refractivity contribution >= 4 is 11.6 Å². The van der Waals surface area contributed by atoms with E-state index < -0.39 is 0 Å². The van der Waals surface area contributed by atoms with Crippen molar-refractivity contribution in [2.75, 3.05) is 51.6 Å². The van der Waals surface area contributed by atoms with Crippen molar-refractivity contribution < 1.29 is 4.52 Å². The van der Waals surface area contributed by atoms with E-state index in [0.29, 0.717) is 0 Å². The summed E-state index contributed by atoms with van der Waals surface area (Å²) in [5, 5.41) is 10.9. The summed E-state index contributed by atoms with van der Waals surface area (Å²) in [5.74, 6) is 0.991. The molecular formula is C19H28N6O. The van der Waals surface area contributed by atoms with Crippen LogP contribution in [0.25, 0.3) is 0 Å². The fraction of sp³-hybridized carbons (Fsp3) is 0.474. The summed E-state index contributed by atoms with van der Waals surface area (Å²) in [4.78, 5) is 9.15. The van der Waals surface area contributed by atoms with Gasteiger partial charge in [-0.2, -0.15) is 0 Å². The number of nitrogens with one attached hydrogen (secondary N) is 2. The zero-order valence-corrected chi connectivity index (χ0v) is 15.4. The molecule has 1 fully saturated rings. The molecule has 3 rings (SSSR count). The molecule has 0 amide bonds. The second-order valence-corrected chi connectivity index (χ2v) is 6.37. The minimum absolute atomic E-state index is 0.849. The summed E-state index contributed by atoms with van der Waals surface area (Å²) in [6.45, 7) is 6.65. The molecule has 0 saturated carbocycles. The van der Waals surface area contributed by atoms with Gasteiger partial charge in [0, 0.05) is 64.6 Å². The Bertz CT molecular complexity index is 650. The zero-order chi connectivity index (χ0) is 18.0. The number of hydrogen-bond donors (Lipinski definition) is 2. The van der Waals surface area contributed by atoms with E-state index in [0.717, 1.165) is 63.9 Å². The molecule has 0 aliphatic carbocycles. The van der Waals surface area contributed by atoms with E-state index in [1.807, 2.05) is 31.3 Å². The smallest absolute Gasteiger partial charge is 0.193 e. The number of hydrogen-bond acceptors (Lipinski definition) is 5. The van der Waals surface area contributed by atoms with Crippen LogP contribution in [0.4, 0.5) is 5.69 Å². The molecule has 2 aromatic rings. The number of benzene rings is 1. The average molecular weight is 356 g/mol. The van der Waals surface area contributed by atoms with E-state index in [2.05, 4.69) is 42.7 Å². The van der Waals surface area contributed by atoms with Gasteiger partial charge in [0.25, 0.3) is 0 Å². The number of aliphatic imine (C=N–C) groups is 1. The summed E-state index contributed by atoms with van der Waals surface area (Å²) in [5.41, 5.74) is 2.16. The molecule has 0 atom stereocenters. The van der Waals surface area contributed by atoms with Crippen LogP contribution in [0.15, 0.2) is 52.2 Å². The maximum atomic E-state index is 4.90. The van der Waals surface area contributed by atoms with Crippen molar-refractivity contribution in [1.29, 1.82) is 0 Å². The lowest BCUT2D eigenvalue weighted by Crippen LogP contribution is -2.52. The summed E-state index contributed by atoms with van der Waals surface area (Å²) in [6.07, 6.45) is 2.67. The van der Waals surface area contributed by atoms with E-state index in [1.165, 1.54) is 5.69 Å². The lowest BCUT2D eigenvalue weighted by Gasteiger charge is -2.36. The highest BCUT2D eigenvalue weighted by molar-refractivity contribution is 5.79. The van der Waals surface area contributed by atoms with Crippen LogP contribution < -0.4 is 10.6 Å². The second kappa shape index (κ2) is 9.82. The van der Waals surface area contributed by atoms with Gasteiger partial charge < -0.3 is 20.1 Å². The largest absolute Gasteiger partial charge is 0.385 e. The fourth-order valence-corrected chi connectivity index (χ4v) is 3.08. The van der Waals surface area contributed by atoms with Crippen LogP contribution in [0.3, 0.4) is 0 Å². The minimum Gasteiger partial charge on any atom is -0.385 e. The molecule has 7 nitrogen and oxygen atoms in total. The summed E-state index contributed by atoms with van der Waals surface area (Å²) >= 11 is 0. The first-order valence-electron chi connectivity index (χ1n) is 9.21. The predicted molar refractivity (Wildman–Crippen MR) is 104 cm³/mol. The predicted octanol–water partition coefficient (Wildman–Crippen LogP) is 1.87. The van der Waals surface area contributed by atoms with E-state index in [9.17, 15) is 0 Å². The van der Waals surface area contributed by atoms with Crippen LogP contribution in [-0.2, 0) is 6.54 Å². The first-order valence-corrected chi connectivity index (χ1v) is 9.21. The molecule has 7 heteroatoms. The van der Waals surface area contributed by atoms with E-state index in [-0.39, 0.29) is 0 Å². The first kappa shape index (κ1) is 18.3. The number of rotatable bonds is 7. The van der Waals surface area contributed by atoms with E-state index >= 15 is 0 Å². The molecule has 2 N–H and O–H groups in total. The monoisotopic (exact) mass is 356 g/mol. The van der Waals surface area contributed by atoms with Gasteiger partial charge in [-0.1, -0.05) is 23.4 Å². The Kier molecular flexibility index (Phi) is 6.89. The minimum atomic E-state index is 0.849. The summed E-state index contributed by atoms with van der Waals surface area (Å²) in [6, 6.07) is 12.2. The van der Waals surface area contributed by atoms with Crippen LogP contribution in [0.2, 0.25) is 0 Å². The van der Waals surface area contributed by atoms with E-state index in [1.54, 1.807) is 6.26 Å². The Labute approximate surface area is 155 Å². The highest BCUT2D eigenvalue weighted by Gasteiger charge is 2.19. The number of piperazine rings is 1. The number of aromatic nitrogens is 1. The topological polar surface area (TPSA) is 68.9 Å². The van der Waals surface area contributed by atoms with Crippen molar-refractivity contribution in [2.24, 2.45) is 4.99 Å². The van der Waals surface area contributed by atoms with Gasteiger partial charge in [0.05, 0.1) is 5.69 Å². The summed E-state index contributed by atoms with van der Waals surface area (Å²) < 4.78 is 4.90. The van der Waals surface area contributed by atoms with Crippen molar-refractivity contribution in [3.63, 3.8) is 0 Å². The van der Waals surface area contributed by atoms with Crippen LogP contribution in [0, 0.1) is 0 Å². The molecule has 0 unspecified atom stereocenters. The Hall–Kier alpha value is -2.54. The van der Waals surface area contributed by atoms with Crippen molar-refractivity contribution in [3.8, 4) is 0 Å². The lowest BCUT2D eigenvalue weighted by atomic mass is 10.3. The quantitative estimate of drug-likeness (QED) is 0.448. The Morgan fingerprint density at radius 2 is 1.92 bits per heavy atom. The van der Waals surface area contributed by atoms with Gasteiger partial charge >= 0.3 is 0 Å². The average Bonchev–Trinajstić information content (AvgIpc) is 3.19. The van der Waals surface area contributed by atoms with Crippen molar-refractivity contribution in [2.45, 2.75) is 13.0 Å². The molecule has 0 spiro atoms. The molecule has 1 aromatic heterocycles. The molecule has 140 valence electrons.